The normalized spacial score (nSPS) is 16.1. The van der Waals surface area contributed by atoms with Crippen molar-refractivity contribution < 1.29 is 9.53 Å². The van der Waals surface area contributed by atoms with E-state index in [-0.39, 0.29) is 11.8 Å². The molecule has 1 aliphatic rings. The number of H-pyrrole nitrogens is 1. The molecule has 1 amide bonds. The van der Waals surface area contributed by atoms with Crippen molar-refractivity contribution in [3.8, 4) is 5.75 Å². The van der Waals surface area contributed by atoms with Gasteiger partial charge in [-0.2, -0.15) is 5.10 Å². The number of amides is 1. The highest BCUT2D eigenvalue weighted by atomic mass is 16.5. The highest BCUT2D eigenvalue weighted by Gasteiger charge is 2.28. The third-order valence-corrected chi connectivity index (χ3v) is 6.02. The summed E-state index contributed by atoms with van der Waals surface area (Å²) < 4.78 is 5.90. The summed E-state index contributed by atoms with van der Waals surface area (Å²) in [7, 11) is 0. The van der Waals surface area contributed by atoms with Crippen molar-refractivity contribution in [2.24, 2.45) is 0 Å². The number of rotatable bonds is 8. The monoisotopic (exact) mass is 417 g/mol. The number of hydrogen-bond acceptors (Lipinski definition) is 3. The highest BCUT2D eigenvalue weighted by Crippen LogP contribution is 2.27. The molecule has 1 N–H and O–H groups in total. The Morgan fingerprint density at radius 3 is 2.68 bits per heavy atom. The van der Waals surface area contributed by atoms with Crippen molar-refractivity contribution in [3.05, 3.63) is 83.2 Å². The first-order valence-electron chi connectivity index (χ1n) is 11.2. The van der Waals surface area contributed by atoms with Crippen LogP contribution in [0, 0.1) is 0 Å². The molecule has 5 nitrogen and oxygen atoms in total. The molecule has 1 aliphatic heterocycles. The van der Waals surface area contributed by atoms with Crippen molar-refractivity contribution in [2.45, 2.75) is 51.6 Å². The number of aryl methyl sites for hydroxylation is 1. The molecule has 0 spiro atoms. The smallest absolute Gasteiger partial charge is 0.222 e. The lowest BCUT2D eigenvalue weighted by molar-refractivity contribution is -0.130. The Bertz CT molecular complexity index is 979. The molecule has 5 heteroatoms. The van der Waals surface area contributed by atoms with Crippen LogP contribution in [0.25, 0.3) is 0 Å². The molecule has 1 saturated heterocycles. The van der Waals surface area contributed by atoms with E-state index < -0.39 is 0 Å². The number of aromatic nitrogens is 2. The molecule has 0 bridgehead atoms. The van der Waals surface area contributed by atoms with Crippen LogP contribution in [0.5, 0.6) is 5.75 Å². The molecule has 1 aromatic heterocycles. The number of hydrogen-bond donors (Lipinski definition) is 1. The van der Waals surface area contributed by atoms with Crippen LogP contribution in [0.4, 0.5) is 0 Å². The van der Waals surface area contributed by atoms with E-state index in [1.54, 1.807) is 0 Å². The summed E-state index contributed by atoms with van der Waals surface area (Å²) in [4.78, 5) is 14.6. The van der Waals surface area contributed by atoms with Crippen LogP contribution in [-0.4, -0.2) is 34.1 Å². The molecule has 0 unspecified atom stereocenters. The fraction of sp³-hybridized carbons (Fsp3) is 0.385. The SMILES string of the molecule is CC(C)c1ccc(OCc2cc([C@H]3CCN(C(=O)CCc4ccccc4)C3)n[nH]2)cc1. The van der Waals surface area contributed by atoms with Gasteiger partial charge in [0.1, 0.15) is 12.4 Å². The van der Waals surface area contributed by atoms with Crippen molar-refractivity contribution in [1.29, 1.82) is 0 Å². The van der Waals surface area contributed by atoms with Crippen molar-refractivity contribution >= 4 is 5.91 Å². The third-order valence-electron chi connectivity index (χ3n) is 6.02. The number of ether oxygens (including phenoxy) is 1. The van der Waals surface area contributed by atoms with Gasteiger partial charge in [0, 0.05) is 25.4 Å². The minimum absolute atomic E-state index is 0.232. The summed E-state index contributed by atoms with van der Waals surface area (Å²) in [5, 5.41) is 7.59. The number of nitrogens with zero attached hydrogens (tertiary/aromatic N) is 2. The Morgan fingerprint density at radius 1 is 1.16 bits per heavy atom. The van der Waals surface area contributed by atoms with Crippen LogP contribution >= 0.6 is 0 Å². The molecule has 0 radical (unpaired) electrons. The summed E-state index contributed by atoms with van der Waals surface area (Å²) in [6, 6.07) is 20.5. The maximum absolute atomic E-state index is 12.6. The third kappa shape index (κ3) is 5.54. The minimum Gasteiger partial charge on any atom is -0.487 e. The molecule has 0 saturated carbocycles. The summed E-state index contributed by atoms with van der Waals surface area (Å²) >= 11 is 0. The van der Waals surface area contributed by atoms with Gasteiger partial charge >= 0.3 is 0 Å². The number of likely N-dealkylation sites (tertiary alicyclic amines) is 1. The molecular weight excluding hydrogens is 386 g/mol. The second-order valence-electron chi connectivity index (χ2n) is 8.64. The van der Waals surface area contributed by atoms with E-state index in [2.05, 4.69) is 54.4 Å². The van der Waals surface area contributed by atoms with Gasteiger partial charge in [0.15, 0.2) is 0 Å². The van der Waals surface area contributed by atoms with E-state index in [9.17, 15) is 4.79 Å². The standard InChI is InChI=1S/C26H31N3O2/c1-19(2)21-9-11-24(12-10-21)31-18-23-16-25(28-27-23)22-14-15-29(17-22)26(30)13-8-20-6-4-3-5-7-20/h3-7,9-12,16,19,22H,8,13-15,17-18H2,1-2H3,(H,27,28)/t22-/m0/s1. The first kappa shape index (κ1) is 21.2. The van der Waals surface area contributed by atoms with Crippen LogP contribution < -0.4 is 4.74 Å². The van der Waals surface area contributed by atoms with Gasteiger partial charge in [0.25, 0.3) is 0 Å². The predicted octanol–water partition coefficient (Wildman–Crippen LogP) is 5.06. The first-order valence-corrected chi connectivity index (χ1v) is 11.2. The lowest BCUT2D eigenvalue weighted by Crippen LogP contribution is -2.28. The molecule has 1 atom stereocenters. The molecule has 2 heterocycles. The molecular formula is C26H31N3O2. The number of carbonyl (C=O) groups is 1. The maximum atomic E-state index is 12.6. The van der Waals surface area contributed by atoms with Gasteiger partial charge in [-0.1, -0.05) is 56.3 Å². The number of benzene rings is 2. The quantitative estimate of drug-likeness (QED) is 0.557. The molecule has 4 rings (SSSR count). The van der Waals surface area contributed by atoms with E-state index in [1.807, 2.05) is 35.2 Å². The Balaban J connectivity index is 1.26. The van der Waals surface area contributed by atoms with Gasteiger partial charge in [-0.05, 0) is 48.1 Å². The maximum Gasteiger partial charge on any atom is 0.222 e. The average Bonchev–Trinajstić information content (AvgIpc) is 3.47. The van der Waals surface area contributed by atoms with Gasteiger partial charge < -0.3 is 9.64 Å². The summed E-state index contributed by atoms with van der Waals surface area (Å²) in [6.07, 6.45) is 2.31. The molecule has 3 aromatic rings. The topological polar surface area (TPSA) is 58.2 Å². The Kier molecular flexibility index (Phi) is 6.70. The zero-order chi connectivity index (χ0) is 21.6. The zero-order valence-electron chi connectivity index (χ0n) is 18.4. The molecule has 0 aliphatic carbocycles. The Hall–Kier alpha value is -3.08. The number of aromatic amines is 1. The van der Waals surface area contributed by atoms with Crippen LogP contribution in [0.15, 0.2) is 60.7 Å². The average molecular weight is 418 g/mol. The summed E-state index contributed by atoms with van der Waals surface area (Å²) in [6.45, 7) is 6.38. The van der Waals surface area contributed by atoms with E-state index in [0.29, 0.717) is 18.9 Å². The van der Waals surface area contributed by atoms with Crippen LogP contribution in [0.2, 0.25) is 0 Å². The van der Waals surface area contributed by atoms with Crippen molar-refractivity contribution in [2.75, 3.05) is 13.1 Å². The fourth-order valence-electron chi connectivity index (χ4n) is 4.05. The molecule has 31 heavy (non-hydrogen) atoms. The van der Waals surface area contributed by atoms with Crippen LogP contribution in [-0.2, 0) is 17.8 Å². The largest absolute Gasteiger partial charge is 0.487 e. The molecule has 2 aromatic carbocycles. The van der Waals surface area contributed by atoms with Crippen molar-refractivity contribution in [1.82, 2.24) is 15.1 Å². The van der Waals surface area contributed by atoms with Crippen LogP contribution in [0.1, 0.15) is 61.0 Å². The summed E-state index contributed by atoms with van der Waals surface area (Å²) in [5.41, 5.74) is 4.49. The zero-order valence-corrected chi connectivity index (χ0v) is 18.4. The van der Waals surface area contributed by atoms with Gasteiger partial charge in [-0.15, -0.1) is 0 Å². The predicted molar refractivity (Wildman–Crippen MR) is 122 cm³/mol. The van der Waals surface area contributed by atoms with E-state index in [0.717, 1.165) is 43.1 Å². The van der Waals surface area contributed by atoms with Gasteiger partial charge in [0.05, 0.1) is 11.4 Å². The highest BCUT2D eigenvalue weighted by molar-refractivity contribution is 5.76. The summed E-state index contributed by atoms with van der Waals surface area (Å²) in [5.74, 6) is 1.89. The van der Waals surface area contributed by atoms with Crippen molar-refractivity contribution in [3.63, 3.8) is 0 Å². The molecule has 1 fully saturated rings. The number of carbonyl (C=O) groups excluding carboxylic acids is 1. The fourth-order valence-corrected chi connectivity index (χ4v) is 4.05. The number of nitrogens with one attached hydrogen (secondary N) is 1. The lowest BCUT2D eigenvalue weighted by Gasteiger charge is -2.16. The van der Waals surface area contributed by atoms with E-state index in [1.165, 1.54) is 11.1 Å². The second-order valence-corrected chi connectivity index (χ2v) is 8.64. The molecule has 162 valence electrons. The van der Waals surface area contributed by atoms with Gasteiger partial charge in [0.2, 0.25) is 5.91 Å². The van der Waals surface area contributed by atoms with Crippen LogP contribution in [0.3, 0.4) is 0 Å². The second kappa shape index (κ2) is 9.82. The van der Waals surface area contributed by atoms with E-state index >= 15 is 0 Å². The van der Waals surface area contributed by atoms with E-state index in [4.69, 9.17) is 4.74 Å². The van der Waals surface area contributed by atoms with Gasteiger partial charge in [-0.3, -0.25) is 9.89 Å². The Labute approximate surface area is 184 Å². The van der Waals surface area contributed by atoms with Gasteiger partial charge in [-0.25, -0.2) is 0 Å². The lowest BCUT2D eigenvalue weighted by atomic mass is 10.0. The minimum atomic E-state index is 0.232. The first-order chi connectivity index (χ1) is 15.1. The Morgan fingerprint density at radius 2 is 1.94 bits per heavy atom.